The lowest BCUT2D eigenvalue weighted by molar-refractivity contribution is -0.139. The molecular weight excluding hydrogens is 174 g/mol. The number of nitrogens with one attached hydrogen (secondary N) is 1. The molecule has 1 aliphatic rings. The van der Waals surface area contributed by atoms with Gasteiger partial charge in [0.2, 0.25) is 0 Å². The van der Waals surface area contributed by atoms with Gasteiger partial charge in [-0.05, 0) is 26.3 Å². The molecule has 1 aliphatic heterocycles. The lowest BCUT2D eigenvalue weighted by Gasteiger charge is -1.99. The van der Waals surface area contributed by atoms with Gasteiger partial charge in [0.15, 0.2) is 0 Å². The molecule has 0 bridgehead atoms. The SMILES string of the molecule is CC(O)CO.O=C(O)[C@@H]1CCCN1. The molecule has 0 radical (unpaired) electrons. The van der Waals surface area contributed by atoms with Crippen molar-refractivity contribution in [3.8, 4) is 0 Å². The van der Waals surface area contributed by atoms with Gasteiger partial charge in [-0.1, -0.05) is 0 Å². The minimum atomic E-state index is -0.720. The highest BCUT2D eigenvalue weighted by atomic mass is 16.4. The standard InChI is InChI=1S/C5H9NO2.C3H8O2/c7-5(8)4-2-1-3-6-4;1-3(5)2-4/h4,6H,1-3H2,(H,7,8);3-5H,2H2,1H3/t4-;/m0./s1. The minimum Gasteiger partial charge on any atom is -0.480 e. The molecule has 1 saturated heterocycles. The van der Waals surface area contributed by atoms with Crippen LogP contribution < -0.4 is 5.32 Å². The molecule has 0 aromatic heterocycles. The van der Waals surface area contributed by atoms with E-state index in [9.17, 15) is 4.79 Å². The van der Waals surface area contributed by atoms with Gasteiger partial charge in [-0.2, -0.15) is 0 Å². The van der Waals surface area contributed by atoms with Crippen molar-refractivity contribution in [2.45, 2.75) is 31.9 Å². The lowest BCUT2D eigenvalue weighted by atomic mass is 10.2. The summed E-state index contributed by atoms with van der Waals surface area (Å²) in [6, 6.07) is -0.269. The Morgan fingerprint density at radius 1 is 1.69 bits per heavy atom. The second kappa shape index (κ2) is 6.82. The first-order valence-corrected chi connectivity index (χ1v) is 4.33. The van der Waals surface area contributed by atoms with Gasteiger partial charge in [-0.25, -0.2) is 0 Å². The number of hydrogen-bond acceptors (Lipinski definition) is 4. The van der Waals surface area contributed by atoms with E-state index in [1.165, 1.54) is 6.92 Å². The fourth-order valence-corrected chi connectivity index (χ4v) is 0.895. The van der Waals surface area contributed by atoms with Crippen LogP contribution in [-0.2, 0) is 4.79 Å². The van der Waals surface area contributed by atoms with E-state index in [0.29, 0.717) is 0 Å². The molecule has 4 N–H and O–H groups in total. The normalized spacial score (nSPS) is 23.2. The average Bonchev–Trinajstić information content (AvgIpc) is 2.57. The largest absolute Gasteiger partial charge is 0.480 e. The highest BCUT2D eigenvalue weighted by Gasteiger charge is 2.20. The van der Waals surface area contributed by atoms with Crippen LogP contribution in [0.3, 0.4) is 0 Å². The van der Waals surface area contributed by atoms with E-state index in [1.54, 1.807) is 0 Å². The number of aliphatic hydroxyl groups excluding tert-OH is 2. The van der Waals surface area contributed by atoms with Crippen molar-refractivity contribution in [2.75, 3.05) is 13.2 Å². The second-order valence-electron chi connectivity index (χ2n) is 3.02. The Morgan fingerprint density at radius 2 is 2.23 bits per heavy atom. The average molecular weight is 191 g/mol. The molecule has 0 aliphatic carbocycles. The van der Waals surface area contributed by atoms with Gasteiger partial charge in [0.05, 0.1) is 12.7 Å². The van der Waals surface area contributed by atoms with Crippen LogP contribution in [0.25, 0.3) is 0 Å². The Kier molecular flexibility index (Phi) is 6.48. The second-order valence-corrected chi connectivity index (χ2v) is 3.02. The molecule has 5 heteroatoms. The predicted molar refractivity (Wildman–Crippen MR) is 47.4 cm³/mol. The number of aliphatic hydroxyl groups is 2. The molecule has 5 nitrogen and oxygen atoms in total. The lowest BCUT2D eigenvalue weighted by Crippen LogP contribution is -2.29. The fraction of sp³-hybridized carbons (Fsp3) is 0.875. The van der Waals surface area contributed by atoms with Crippen LogP contribution in [0.4, 0.5) is 0 Å². The monoisotopic (exact) mass is 191 g/mol. The first kappa shape index (κ1) is 12.3. The molecule has 0 spiro atoms. The van der Waals surface area contributed by atoms with Crippen molar-refractivity contribution in [2.24, 2.45) is 0 Å². The molecule has 0 aromatic carbocycles. The number of carbonyl (C=O) groups is 1. The summed E-state index contributed by atoms with van der Waals surface area (Å²) in [7, 11) is 0. The van der Waals surface area contributed by atoms with E-state index < -0.39 is 12.1 Å². The molecule has 0 saturated carbocycles. The first-order valence-electron chi connectivity index (χ1n) is 4.33. The van der Waals surface area contributed by atoms with E-state index in [1.807, 2.05) is 0 Å². The van der Waals surface area contributed by atoms with E-state index in [4.69, 9.17) is 15.3 Å². The summed E-state index contributed by atoms with van der Waals surface area (Å²) in [6.07, 6.45) is 1.22. The zero-order valence-electron chi connectivity index (χ0n) is 7.73. The van der Waals surface area contributed by atoms with Crippen LogP contribution in [0.2, 0.25) is 0 Å². The van der Waals surface area contributed by atoms with Gasteiger partial charge >= 0.3 is 5.97 Å². The third-order valence-electron chi connectivity index (χ3n) is 1.62. The van der Waals surface area contributed by atoms with Crippen LogP contribution in [0.5, 0.6) is 0 Å². The van der Waals surface area contributed by atoms with Crippen LogP contribution in [0.15, 0.2) is 0 Å². The van der Waals surface area contributed by atoms with Crippen molar-refractivity contribution in [1.82, 2.24) is 5.32 Å². The Labute approximate surface area is 77.4 Å². The third kappa shape index (κ3) is 6.51. The fourth-order valence-electron chi connectivity index (χ4n) is 0.895. The third-order valence-corrected chi connectivity index (χ3v) is 1.62. The van der Waals surface area contributed by atoms with E-state index in [-0.39, 0.29) is 12.6 Å². The Hall–Kier alpha value is -0.650. The van der Waals surface area contributed by atoms with Gasteiger partial charge in [-0.15, -0.1) is 0 Å². The Morgan fingerprint density at radius 3 is 2.38 bits per heavy atom. The summed E-state index contributed by atoms with van der Waals surface area (Å²) in [5.74, 6) is -0.720. The molecule has 0 aromatic rings. The molecule has 2 atom stereocenters. The topological polar surface area (TPSA) is 89.8 Å². The summed E-state index contributed by atoms with van der Waals surface area (Å²) in [5.41, 5.74) is 0. The molecule has 1 fully saturated rings. The van der Waals surface area contributed by atoms with Crippen molar-refractivity contribution < 1.29 is 20.1 Å². The summed E-state index contributed by atoms with van der Waals surface area (Å²) in [5, 5.41) is 27.2. The maximum absolute atomic E-state index is 10.1. The first-order chi connectivity index (χ1) is 6.07. The zero-order chi connectivity index (χ0) is 10.3. The molecule has 0 amide bonds. The molecular formula is C8H17NO4. The van der Waals surface area contributed by atoms with Gasteiger partial charge in [0.25, 0.3) is 0 Å². The Bertz CT molecular complexity index is 143. The van der Waals surface area contributed by atoms with Gasteiger partial charge < -0.3 is 20.6 Å². The number of carboxylic acids is 1. The van der Waals surface area contributed by atoms with E-state index >= 15 is 0 Å². The maximum atomic E-state index is 10.1. The summed E-state index contributed by atoms with van der Waals surface area (Å²) >= 11 is 0. The smallest absolute Gasteiger partial charge is 0.320 e. The summed E-state index contributed by atoms with van der Waals surface area (Å²) in [6.45, 7) is 2.25. The molecule has 1 heterocycles. The van der Waals surface area contributed by atoms with E-state index in [2.05, 4.69) is 5.32 Å². The van der Waals surface area contributed by atoms with Crippen molar-refractivity contribution in [3.63, 3.8) is 0 Å². The minimum absolute atomic E-state index is 0.139. The summed E-state index contributed by atoms with van der Waals surface area (Å²) < 4.78 is 0. The van der Waals surface area contributed by atoms with Crippen LogP contribution >= 0.6 is 0 Å². The number of aliphatic carboxylic acids is 1. The van der Waals surface area contributed by atoms with Gasteiger partial charge in [0.1, 0.15) is 6.04 Å². The quantitative estimate of drug-likeness (QED) is 0.458. The number of carboxylic acid groups (broad SMARTS) is 1. The van der Waals surface area contributed by atoms with Gasteiger partial charge in [-0.3, -0.25) is 4.79 Å². The predicted octanol–water partition coefficient (Wildman–Crippen LogP) is -0.817. The van der Waals surface area contributed by atoms with Crippen LogP contribution in [0, 0.1) is 0 Å². The van der Waals surface area contributed by atoms with Crippen molar-refractivity contribution in [1.29, 1.82) is 0 Å². The van der Waals surface area contributed by atoms with E-state index in [0.717, 1.165) is 19.4 Å². The highest BCUT2D eigenvalue weighted by molar-refractivity contribution is 5.73. The van der Waals surface area contributed by atoms with Crippen molar-refractivity contribution in [3.05, 3.63) is 0 Å². The molecule has 1 rings (SSSR count). The number of hydrogen-bond donors (Lipinski definition) is 4. The Balaban J connectivity index is 0.000000252. The maximum Gasteiger partial charge on any atom is 0.320 e. The van der Waals surface area contributed by atoms with Gasteiger partial charge in [0, 0.05) is 0 Å². The zero-order valence-corrected chi connectivity index (χ0v) is 7.73. The highest BCUT2D eigenvalue weighted by Crippen LogP contribution is 2.03. The van der Waals surface area contributed by atoms with Crippen LogP contribution in [-0.4, -0.2) is 46.6 Å². The summed E-state index contributed by atoms with van der Waals surface area (Å²) in [4.78, 5) is 10.1. The number of rotatable bonds is 2. The molecule has 78 valence electrons. The van der Waals surface area contributed by atoms with Crippen molar-refractivity contribution >= 4 is 5.97 Å². The molecule has 1 unspecified atom stereocenters. The van der Waals surface area contributed by atoms with Crippen LogP contribution in [0.1, 0.15) is 19.8 Å². The molecule has 13 heavy (non-hydrogen) atoms.